The van der Waals surface area contributed by atoms with Gasteiger partial charge in [0.15, 0.2) is 10.6 Å². The Kier molecular flexibility index (Phi) is 8.78. The lowest BCUT2D eigenvalue weighted by Crippen LogP contribution is -2.24. The predicted octanol–water partition coefficient (Wildman–Crippen LogP) is 7.98. The van der Waals surface area contributed by atoms with Gasteiger partial charge in [-0.1, -0.05) is 42.0 Å². The summed E-state index contributed by atoms with van der Waals surface area (Å²) in [6.45, 7) is 11.9. The van der Waals surface area contributed by atoms with E-state index in [1.54, 1.807) is 0 Å². The zero-order chi connectivity index (χ0) is 32.5. The molecule has 1 N–H and O–H groups in total. The summed E-state index contributed by atoms with van der Waals surface area (Å²) in [4.78, 5) is 22.3. The van der Waals surface area contributed by atoms with Crippen LogP contribution in [0.15, 0.2) is 83.1 Å². The Balaban J connectivity index is 1.31. The van der Waals surface area contributed by atoms with Crippen molar-refractivity contribution in [1.29, 1.82) is 0 Å². The van der Waals surface area contributed by atoms with E-state index in [9.17, 15) is 18.0 Å². The molecular weight excluding hydrogens is 601 g/mol. The van der Waals surface area contributed by atoms with E-state index >= 15 is 0 Å². The Morgan fingerprint density at radius 3 is 2.22 bits per heavy atom. The third kappa shape index (κ3) is 7.23. The molecule has 5 aromatic rings. The van der Waals surface area contributed by atoms with E-state index < -0.39 is 12.4 Å². The number of benzene rings is 3. The number of aryl methyl sites for hydroxylation is 4. The van der Waals surface area contributed by atoms with Gasteiger partial charge in [0.05, 0.1) is 11.4 Å². The molecule has 0 radical (unpaired) electrons. The van der Waals surface area contributed by atoms with Crippen LogP contribution in [0.25, 0.3) is 28.3 Å². The van der Waals surface area contributed by atoms with Crippen molar-refractivity contribution in [3.8, 4) is 28.5 Å². The lowest BCUT2D eigenvalue weighted by molar-refractivity contribution is -0.274. The number of rotatable bonds is 6. The van der Waals surface area contributed by atoms with E-state index in [2.05, 4.69) is 58.0 Å². The molecule has 0 atom stereocenters. The second-order valence-electron chi connectivity index (χ2n) is 10.7. The van der Waals surface area contributed by atoms with E-state index in [1.807, 2.05) is 55.0 Å². The number of allylic oxidation sites excluding steroid dienone is 2. The summed E-state index contributed by atoms with van der Waals surface area (Å²) in [5, 5.41) is 9.34. The zero-order valence-electron chi connectivity index (χ0n) is 25.5. The number of carbonyl (C=O) groups excluding carboxylic acids is 1. The molecule has 8 nitrogen and oxygen atoms in total. The van der Waals surface area contributed by atoms with E-state index in [1.165, 1.54) is 52.2 Å². The largest absolute Gasteiger partial charge is 0.573 e. The van der Waals surface area contributed by atoms with Crippen molar-refractivity contribution in [2.75, 3.05) is 0 Å². The molecule has 0 aliphatic heterocycles. The van der Waals surface area contributed by atoms with Crippen LogP contribution in [-0.4, -0.2) is 31.7 Å². The number of thiazole rings is 1. The number of nitrogens with one attached hydrogen (secondary N) is 1. The maximum Gasteiger partial charge on any atom is 0.573 e. The molecule has 12 heteroatoms. The van der Waals surface area contributed by atoms with Gasteiger partial charge >= 0.3 is 12.4 Å². The molecule has 0 saturated heterocycles. The van der Waals surface area contributed by atoms with E-state index in [0.717, 1.165) is 39.2 Å². The average Bonchev–Trinajstić information content (AvgIpc) is 3.59. The van der Waals surface area contributed by atoms with E-state index in [0.29, 0.717) is 22.0 Å². The summed E-state index contributed by atoms with van der Waals surface area (Å²) in [7, 11) is 0. The number of aromatic nitrogens is 4. The molecule has 0 aliphatic rings. The topological polar surface area (TPSA) is 86.3 Å². The number of hydrogen-bond acceptors (Lipinski definition) is 5. The molecule has 3 aromatic carbocycles. The fraction of sp³-hybridized carbons (Fsp3) is 0.212. The molecule has 2 amide bonds. The zero-order valence-corrected chi connectivity index (χ0v) is 26.3. The molecule has 0 spiro atoms. The van der Waals surface area contributed by atoms with Gasteiger partial charge in [-0.25, -0.2) is 14.5 Å². The average molecular weight is 633 g/mol. The highest BCUT2D eigenvalue weighted by Crippen LogP contribution is 2.26. The van der Waals surface area contributed by atoms with Crippen LogP contribution >= 0.6 is 11.3 Å². The van der Waals surface area contributed by atoms with Crippen LogP contribution in [0.1, 0.15) is 41.8 Å². The summed E-state index contributed by atoms with van der Waals surface area (Å²) in [6.07, 6.45) is -3.27. The number of alkyl halides is 3. The van der Waals surface area contributed by atoms with E-state index in [4.69, 9.17) is 0 Å². The molecule has 0 unspecified atom stereocenters. The Morgan fingerprint density at radius 1 is 0.956 bits per heavy atom. The summed E-state index contributed by atoms with van der Waals surface area (Å²) >= 11 is 1.41. The number of urea groups is 1. The fourth-order valence-corrected chi connectivity index (χ4v) is 5.90. The molecule has 0 aliphatic carbocycles. The Hall–Kier alpha value is -4.97. The first-order valence-corrected chi connectivity index (χ1v) is 14.8. The SMILES string of the molecule is C/C(NC(=O)N=c1scc(C)n1-c1c(C)cc(C)cc1C)=C(/C)c1ccc(-c2ncn(-c3ccc(OC(F)(F)F)cc3)n2)cc1. The predicted molar refractivity (Wildman–Crippen MR) is 168 cm³/mol. The minimum Gasteiger partial charge on any atom is -0.406 e. The molecule has 0 saturated carbocycles. The monoisotopic (exact) mass is 632 g/mol. The Morgan fingerprint density at radius 2 is 1.60 bits per heavy atom. The quantitative estimate of drug-likeness (QED) is 0.206. The maximum atomic E-state index is 13.0. The summed E-state index contributed by atoms with van der Waals surface area (Å²) < 4.78 is 44.7. The third-order valence-corrected chi connectivity index (χ3v) is 8.14. The second-order valence-corrected chi connectivity index (χ2v) is 11.5. The van der Waals surface area contributed by atoms with Gasteiger partial charge in [-0.15, -0.1) is 29.6 Å². The van der Waals surface area contributed by atoms with Crippen molar-refractivity contribution >= 4 is 22.9 Å². The van der Waals surface area contributed by atoms with Crippen molar-refractivity contribution in [2.45, 2.75) is 47.9 Å². The van der Waals surface area contributed by atoms with E-state index in [-0.39, 0.29) is 5.75 Å². The first kappa shape index (κ1) is 31.5. The maximum absolute atomic E-state index is 13.0. The van der Waals surface area contributed by atoms with Gasteiger partial charge in [0.2, 0.25) is 0 Å². The Bertz CT molecular complexity index is 1940. The third-order valence-electron chi connectivity index (χ3n) is 7.19. The number of ether oxygens (including phenoxy) is 1. The summed E-state index contributed by atoms with van der Waals surface area (Å²) in [5.74, 6) is 0.129. The van der Waals surface area contributed by atoms with Crippen LogP contribution in [0, 0.1) is 27.7 Å². The van der Waals surface area contributed by atoms with Gasteiger partial charge in [0.1, 0.15) is 12.1 Å². The molecule has 5 rings (SSSR count). The highest BCUT2D eigenvalue weighted by atomic mass is 32.1. The minimum atomic E-state index is -4.76. The van der Waals surface area contributed by atoms with Gasteiger partial charge in [0.25, 0.3) is 0 Å². The van der Waals surface area contributed by atoms with Crippen molar-refractivity contribution in [3.63, 3.8) is 0 Å². The van der Waals surface area contributed by atoms with Crippen molar-refractivity contribution in [2.24, 2.45) is 4.99 Å². The van der Waals surface area contributed by atoms with Gasteiger partial charge in [0, 0.05) is 22.3 Å². The van der Waals surface area contributed by atoms with Crippen molar-refractivity contribution in [3.05, 3.63) is 111 Å². The van der Waals surface area contributed by atoms with Crippen LogP contribution in [0.5, 0.6) is 5.75 Å². The van der Waals surface area contributed by atoms with Crippen LogP contribution in [0.3, 0.4) is 0 Å². The summed E-state index contributed by atoms with van der Waals surface area (Å²) in [5.41, 5.74) is 9.14. The number of nitrogens with zero attached hydrogens (tertiary/aromatic N) is 5. The van der Waals surface area contributed by atoms with Crippen LogP contribution in [0.4, 0.5) is 18.0 Å². The van der Waals surface area contributed by atoms with Crippen LogP contribution in [0.2, 0.25) is 0 Å². The first-order valence-electron chi connectivity index (χ1n) is 14.0. The second kappa shape index (κ2) is 12.6. The molecule has 0 fully saturated rings. The Labute approximate surface area is 262 Å². The smallest absolute Gasteiger partial charge is 0.406 e. The molecule has 232 valence electrons. The first-order chi connectivity index (χ1) is 21.3. The molecule has 0 bridgehead atoms. The number of amides is 2. The summed E-state index contributed by atoms with van der Waals surface area (Å²) in [6, 6.07) is 16.7. The number of hydrogen-bond donors (Lipinski definition) is 1. The standard InChI is InChI=1S/C33H31F3N6O2S/c1-19-15-20(2)29(21(3)16-19)42-22(4)17-45-32(42)39-31(43)38-24(6)23(5)25-7-9-26(10-8-25)30-37-18-41(40-30)27-11-13-28(14-12-27)44-33(34,35)36/h7-18H,1-6H3,(H,38,43)/b24-23+,39-32?. The molecule has 2 aromatic heterocycles. The van der Waals surface area contributed by atoms with Gasteiger partial charge in [-0.3, -0.25) is 4.57 Å². The highest BCUT2D eigenvalue weighted by Gasteiger charge is 2.31. The normalized spacial score (nSPS) is 12.7. The molecule has 2 heterocycles. The molecular formula is C33H31F3N6O2S. The van der Waals surface area contributed by atoms with Crippen LogP contribution < -0.4 is 14.9 Å². The minimum absolute atomic E-state index is 0.316. The lowest BCUT2D eigenvalue weighted by Gasteiger charge is -2.14. The number of halogens is 3. The number of carbonyl (C=O) groups is 1. The lowest BCUT2D eigenvalue weighted by atomic mass is 10.0. The van der Waals surface area contributed by atoms with Crippen LogP contribution in [-0.2, 0) is 0 Å². The molecule has 45 heavy (non-hydrogen) atoms. The fourth-order valence-electron chi connectivity index (χ4n) is 5.04. The van der Waals surface area contributed by atoms with Gasteiger partial charge < -0.3 is 10.1 Å². The van der Waals surface area contributed by atoms with Crippen molar-refractivity contribution < 1.29 is 22.7 Å². The van der Waals surface area contributed by atoms with Gasteiger partial charge in [-0.2, -0.15) is 4.99 Å². The van der Waals surface area contributed by atoms with Crippen molar-refractivity contribution in [1.82, 2.24) is 24.6 Å². The van der Waals surface area contributed by atoms with Gasteiger partial charge in [-0.05, 0) is 88.1 Å². The highest BCUT2D eigenvalue weighted by molar-refractivity contribution is 7.07.